The van der Waals surface area contributed by atoms with Gasteiger partial charge in [0, 0.05) is 0 Å². The highest BCUT2D eigenvalue weighted by Gasteiger charge is 2.11. The molecule has 0 unspecified atom stereocenters. The highest BCUT2D eigenvalue weighted by atomic mass is 35.5. The van der Waals surface area contributed by atoms with Crippen molar-refractivity contribution in [3.63, 3.8) is 0 Å². The molecule has 0 aromatic carbocycles. The summed E-state index contributed by atoms with van der Waals surface area (Å²) < 4.78 is 5.52. The number of aromatic nitrogens is 1. The van der Waals surface area contributed by atoms with Gasteiger partial charge in [-0.3, -0.25) is 4.79 Å². The van der Waals surface area contributed by atoms with Crippen LogP contribution in [0.5, 0.6) is 0 Å². The van der Waals surface area contributed by atoms with E-state index in [1.165, 1.54) is 17.7 Å². The van der Waals surface area contributed by atoms with Crippen LogP contribution in [-0.2, 0) is 0 Å². The van der Waals surface area contributed by atoms with Gasteiger partial charge in [-0.2, -0.15) is 0 Å². The second kappa shape index (κ2) is 3.32. The number of carbonyl (C=O) groups excluding carboxylic acids is 1. The molecule has 0 N–H and O–H groups in total. The summed E-state index contributed by atoms with van der Waals surface area (Å²) in [5.74, 6) is 0.235. The van der Waals surface area contributed by atoms with Gasteiger partial charge in [-0.1, -0.05) is 11.6 Å². The summed E-state index contributed by atoms with van der Waals surface area (Å²) in [5.41, 5.74) is 0.548. The van der Waals surface area contributed by atoms with Crippen molar-refractivity contribution in [3.8, 4) is 10.6 Å². The highest BCUT2D eigenvalue weighted by molar-refractivity contribution is 7.19. The second-order valence-electron chi connectivity index (χ2n) is 2.29. The Hall–Kier alpha value is -1.13. The van der Waals surface area contributed by atoms with Gasteiger partial charge in [0.1, 0.15) is 5.69 Å². The number of nitrogens with zero attached hydrogens (tertiary/aromatic N) is 1. The molecule has 0 aliphatic heterocycles. The number of halogens is 1. The van der Waals surface area contributed by atoms with Gasteiger partial charge in [-0.05, 0) is 12.1 Å². The summed E-state index contributed by atoms with van der Waals surface area (Å²) in [6, 6.07) is 3.56. The van der Waals surface area contributed by atoms with E-state index in [-0.39, 0.29) is 5.76 Å². The van der Waals surface area contributed by atoms with Crippen LogP contribution in [0.15, 0.2) is 22.9 Å². The summed E-state index contributed by atoms with van der Waals surface area (Å²) in [7, 11) is 0. The molecule has 0 radical (unpaired) electrons. The average Bonchev–Trinajstić information content (AvgIpc) is 2.71. The quantitative estimate of drug-likeness (QED) is 0.721. The van der Waals surface area contributed by atoms with E-state index in [0.29, 0.717) is 16.3 Å². The summed E-state index contributed by atoms with van der Waals surface area (Å²) in [6.07, 6.45) is 1.88. The first-order valence-electron chi connectivity index (χ1n) is 3.45. The van der Waals surface area contributed by atoms with E-state index in [0.717, 1.165) is 4.88 Å². The van der Waals surface area contributed by atoms with Gasteiger partial charge in [0.25, 0.3) is 0 Å². The molecule has 2 aromatic rings. The fraction of sp³-hybridized carbons (Fsp3) is 0. The number of thiophene rings is 1. The van der Waals surface area contributed by atoms with Crippen LogP contribution in [0.4, 0.5) is 0 Å². The molecule has 2 aromatic heterocycles. The molecule has 13 heavy (non-hydrogen) atoms. The SMILES string of the molecule is O=Cc1ocnc1-c1ccc(Cl)s1. The first kappa shape index (κ1) is 8.47. The normalized spacial score (nSPS) is 10.2. The molecule has 0 aliphatic rings. The van der Waals surface area contributed by atoms with Crippen LogP contribution in [0.3, 0.4) is 0 Å². The van der Waals surface area contributed by atoms with E-state index in [4.69, 9.17) is 16.0 Å². The molecule has 66 valence electrons. The smallest absolute Gasteiger partial charge is 0.195 e. The van der Waals surface area contributed by atoms with Crippen LogP contribution in [0, 0.1) is 0 Å². The minimum absolute atomic E-state index is 0.235. The molecule has 0 saturated carbocycles. The maximum atomic E-state index is 10.5. The van der Waals surface area contributed by atoms with Crippen molar-refractivity contribution in [1.82, 2.24) is 4.98 Å². The van der Waals surface area contributed by atoms with Crippen LogP contribution < -0.4 is 0 Å². The molecular weight excluding hydrogens is 210 g/mol. The standard InChI is InChI=1S/C8H4ClNO2S/c9-7-2-1-6(13-7)8-5(3-11)12-4-10-8/h1-4H. The maximum absolute atomic E-state index is 10.5. The van der Waals surface area contributed by atoms with E-state index in [1.807, 2.05) is 0 Å². The molecule has 0 atom stereocenters. The largest absolute Gasteiger partial charge is 0.440 e. The molecule has 0 bridgehead atoms. The second-order valence-corrected chi connectivity index (χ2v) is 4.00. The first-order chi connectivity index (χ1) is 6.31. The summed E-state index contributed by atoms with van der Waals surface area (Å²) in [5, 5.41) is 0. The third-order valence-corrected chi connectivity index (χ3v) is 2.75. The lowest BCUT2D eigenvalue weighted by molar-refractivity contribution is 0.110. The Morgan fingerprint density at radius 3 is 3.00 bits per heavy atom. The van der Waals surface area contributed by atoms with Crippen molar-refractivity contribution < 1.29 is 9.21 Å². The van der Waals surface area contributed by atoms with Crippen molar-refractivity contribution in [2.24, 2.45) is 0 Å². The minimum atomic E-state index is 0.235. The maximum Gasteiger partial charge on any atom is 0.195 e. The predicted octanol–water partition coefficient (Wildman–Crippen LogP) is 2.87. The van der Waals surface area contributed by atoms with E-state index in [2.05, 4.69) is 4.98 Å². The van der Waals surface area contributed by atoms with Crippen molar-refractivity contribution in [2.75, 3.05) is 0 Å². The zero-order chi connectivity index (χ0) is 9.26. The van der Waals surface area contributed by atoms with E-state index in [9.17, 15) is 4.79 Å². The van der Waals surface area contributed by atoms with Gasteiger partial charge in [0.15, 0.2) is 18.4 Å². The lowest BCUT2D eigenvalue weighted by atomic mass is 10.3. The molecule has 2 rings (SSSR count). The van der Waals surface area contributed by atoms with Crippen molar-refractivity contribution >= 4 is 29.2 Å². The molecule has 0 spiro atoms. The van der Waals surface area contributed by atoms with Crippen molar-refractivity contribution in [2.45, 2.75) is 0 Å². The van der Waals surface area contributed by atoms with Gasteiger partial charge < -0.3 is 4.42 Å². The number of rotatable bonds is 2. The van der Waals surface area contributed by atoms with Crippen molar-refractivity contribution in [1.29, 1.82) is 0 Å². The number of oxazole rings is 1. The number of carbonyl (C=O) groups is 1. The summed E-state index contributed by atoms with van der Waals surface area (Å²) in [6.45, 7) is 0. The van der Waals surface area contributed by atoms with Gasteiger partial charge in [-0.25, -0.2) is 4.98 Å². The van der Waals surface area contributed by atoms with Crippen LogP contribution in [-0.4, -0.2) is 11.3 Å². The third kappa shape index (κ3) is 1.50. The molecule has 0 amide bonds. The Morgan fingerprint density at radius 1 is 1.54 bits per heavy atom. The fourth-order valence-electron chi connectivity index (χ4n) is 0.965. The topological polar surface area (TPSA) is 43.1 Å². The Bertz CT molecular complexity index is 435. The number of hydrogen-bond donors (Lipinski definition) is 0. The Morgan fingerprint density at radius 2 is 2.38 bits per heavy atom. The van der Waals surface area contributed by atoms with Crippen LogP contribution >= 0.6 is 22.9 Å². The average molecular weight is 214 g/mol. The molecule has 0 fully saturated rings. The van der Waals surface area contributed by atoms with E-state index < -0.39 is 0 Å². The summed E-state index contributed by atoms with van der Waals surface area (Å²) in [4.78, 5) is 15.3. The Balaban J connectivity index is 2.51. The molecular formula is C8H4ClNO2S. The Kier molecular flexibility index (Phi) is 2.16. The molecule has 3 nitrogen and oxygen atoms in total. The van der Waals surface area contributed by atoms with Crippen molar-refractivity contribution in [3.05, 3.63) is 28.6 Å². The molecule has 5 heteroatoms. The summed E-state index contributed by atoms with van der Waals surface area (Å²) >= 11 is 7.10. The fourth-order valence-corrected chi connectivity index (χ4v) is 2.01. The number of aldehydes is 1. The highest BCUT2D eigenvalue weighted by Crippen LogP contribution is 2.31. The monoisotopic (exact) mass is 213 g/mol. The third-order valence-electron chi connectivity index (χ3n) is 1.51. The molecule has 2 heterocycles. The lowest BCUT2D eigenvalue weighted by Crippen LogP contribution is -1.79. The minimum Gasteiger partial charge on any atom is -0.440 e. The van der Waals surface area contributed by atoms with Gasteiger partial charge in [0.2, 0.25) is 0 Å². The van der Waals surface area contributed by atoms with E-state index >= 15 is 0 Å². The van der Waals surface area contributed by atoms with Gasteiger partial charge in [0.05, 0.1) is 9.21 Å². The first-order valence-corrected chi connectivity index (χ1v) is 4.65. The van der Waals surface area contributed by atoms with Crippen LogP contribution in [0.2, 0.25) is 4.34 Å². The van der Waals surface area contributed by atoms with Crippen LogP contribution in [0.25, 0.3) is 10.6 Å². The predicted molar refractivity (Wildman–Crippen MR) is 50.2 cm³/mol. The zero-order valence-corrected chi connectivity index (χ0v) is 7.93. The van der Waals surface area contributed by atoms with E-state index in [1.54, 1.807) is 12.1 Å². The molecule has 0 saturated heterocycles. The molecule has 0 aliphatic carbocycles. The van der Waals surface area contributed by atoms with Gasteiger partial charge >= 0.3 is 0 Å². The lowest BCUT2D eigenvalue weighted by Gasteiger charge is -1.87. The Labute approximate surface area is 83.0 Å². The number of hydrogen-bond acceptors (Lipinski definition) is 4. The van der Waals surface area contributed by atoms with Crippen LogP contribution in [0.1, 0.15) is 10.6 Å². The zero-order valence-electron chi connectivity index (χ0n) is 6.36. The van der Waals surface area contributed by atoms with Gasteiger partial charge in [-0.15, -0.1) is 11.3 Å².